The van der Waals surface area contributed by atoms with E-state index >= 15 is 0 Å². The fourth-order valence-electron chi connectivity index (χ4n) is 6.38. The number of benzene rings is 5. The minimum absolute atomic E-state index is 0.532. The van der Waals surface area contributed by atoms with Gasteiger partial charge in [0, 0.05) is 0 Å². The molecule has 0 saturated carbocycles. The molecule has 0 atom stereocenters. The summed E-state index contributed by atoms with van der Waals surface area (Å²) in [7, 11) is 0. The molecule has 2 aliphatic rings. The Labute approximate surface area is 205 Å². The first kappa shape index (κ1) is 20.2. The molecule has 1 nitrogen and oxygen atoms in total. The van der Waals surface area contributed by atoms with Gasteiger partial charge >= 0.3 is 0 Å². The average Bonchev–Trinajstić information content (AvgIpc) is 3.24. The van der Waals surface area contributed by atoms with Crippen molar-refractivity contribution < 1.29 is 5.11 Å². The van der Waals surface area contributed by atoms with Crippen LogP contribution < -0.4 is 0 Å². The summed E-state index contributed by atoms with van der Waals surface area (Å²) in [6.45, 7) is 0. The molecule has 1 N–H and O–H groups in total. The third-order valence-electron chi connectivity index (χ3n) is 7.67. The number of aliphatic hydroxyl groups is 1. The highest BCUT2D eigenvalue weighted by Crippen LogP contribution is 2.63. The van der Waals surface area contributed by atoms with Crippen LogP contribution in [0.2, 0.25) is 0 Å². The van der Waals surface area contributed by atoms with Gasteiger partial charge in [-0.05, 0) is 55.7 Å². The lowest BCUT2D eigenvalue weighted by Crippen LogP contribution is -2.36. The highest BCUT2D eigenvalue weighted by atomic mass is 16.3. The zero-order valence-electron chi connectivity index (χ0n) is 19.2. The van der Waals surface area contributed by atoms with Gasteiger partial charge < -0.3 is 5.11 Å². The monoisotopic (exact) mass is 448 g/mol. The van der Waals surface area contributed by atoms with E-state index in [1.165, 1.54) is 33.4 Å². The third kappa shape index (κ3) is 2.67. The predicted molar refractivity (Wildman–Crippen MR) is 142 cm³/mol. The summed E-state index contributed by atoms with van der Waals surface area (Å²) in [6, 6.07) is 47.2. The standard InChI is InChI=1S/C34H24O/c35-33-26-18-8-11-21-29(26)34(30-22-12-9-19-27(30)33)28-20-10-7-17-25(28)31(23-13-3-1-4-14-23)32(34)24-15-5-2-6-16-24/h1-22,33,35H. The van der Waals surface area contributed by atoms with Gasteiger partial charge in [0.1, 0.15) is 6.10 Å². The van der Waals surface area contributed by atoms with Gasteiger partial charge in [-0.3, -0.25) is 0 Å². The Morgan fingerprint density at radius 1 is 0.457 bits per heavy atom. The number of fused-ring (bicyclic) bond motifs is 6. The van der Waals surface area contributed by atoms with Crippen molar-refractivity contribution in [3.05, 3.63) is 178 Å². The van der Waals surface area contributed by atoms with E-state index in [1.54, 1.807) is 0 Å². The third-order valence-corrected chi connectivity index (χ3v) is 7.67. The number of aliphatic hydroxyl groups excluding tert-OH is 1. The molecular weight excluding hydrogens is 424 g/mol. The maximum Gasteiger partial charge on any atom is 0.105 e. The molecule has 2 aliphatic carbocycles. The van der Waals surface area contributed by atoms with Crippen LogP contribution in [0.3, 0.4) is 0 Å². The summed E-state index contributed by atoms with van der Waals surface area (Å²) in [4.78, 5) is 0. The van der Waals surface area contributed by atoms with Gasteiger partial charge in [-0.25, -0.2) is 0 Å². The van der Waals surface area contributed by atoms with Crippen LogP contribution in [0.1, 0.15) is 50.6 Å². The number of hydrogen-bond donors (Lipinski definition) is 1. The molecule has 5 aromatic rings. The molecule has 0 unspecified atom stereocenters. The van der Waals surface area contributed by atoms with Crippen LogP contribution in [0.25, 0.3) is 11.1 Å². The normalized spacial score (nSPS) is 19.9. The van der Waals surface area contributed by atoms with Crippen molar-refractivity contribution in [1.82, 2.24) is 0 Å². The van der Waals surface area contributed by atoms with Crippen LogP contribution in [0.15, 0.2) is 133 Å². The Hall–Kier alpha value is -4.20. The molecular formula is C34H24O. The Bertz CT molecular complexity index is 1550. The quantitative estimate of drug-likeness (QED) is 0.298. The Morgan fingerprint density at radius 2 is 0.914 bits per heavy atom. The second-order valence-corrected chi connectivity index (χ2v) is 9.35. The molecule has 0 amide bonds. The fraction of sp³-hybridized carbons (Fsp3) is 0.0588. The molecule has 0 heterocycles. The van der Waals surface area contributed by atoms with Crippen molar-refractivity contribution in [2.24, 2.45) is 0 Å². The first-order chi connectivity index (χ1) is 17.3. The van der Waals surface area contributed by atoms with Gasteiger partial charge in [-0.15, -0.1) is 0 Å². The molecule has 1 spiro atoms. The van der Waals surface area contributed by atoms with E-state index in [-0.39, 0.29) is 0 Å². The largest absolute Gasteiger partial charge is 0.384 e. The highest BCUT2D eigenvalue weighted by molar-refractivity contribution is 6.11. The van der Waals surface area contributed by atoms with E-state index in [0.717, 1.165) is 22.3 Å². The molecule has 7 rings (SSSR count). The smallest absolute Gasteiger partial charge is 0.105 e. The van der Waals surface area contributed by atoms with Crippen LogP contribution in [-0.2, 0) is 5.41 Å². The number of hydrogen-bond acceptors (Lipinski definition) is 1. The molecule has 5 aromatic carbocycles. The maximum atomic E-state index is 11.5. The second kappa shape index (κ2) is 7.66. The summed E-state index contributed by atoms with van der Waals surface area (Å²) in [6.07, 6.45) is -0.655. The molecule has 35 heavy (non-hydrogen) atoms. The zero-order chi connectivity index (χ0) is 23.4. The van der Waals surface area contributed by atoms with E-state index in [9.17, 15) is 5.11 Å². The highest BCUT2D eigenvalue weighted by Gasteiger charge is 2.53. The molecule has 0 radical (unpaired) electrons. The van der Waals surface area contributed by atoms with Gasteiger partial charge in [-0.2, -0.15) is 0 Å². The molecule has 0 aliphatic heterocycles. The maximum absolute atomic E-state index is 11.5. The van der Waals surface area contributed by atoms with E-state index < -0.39 is 11.5 Å². The lowest BCUT2D eigenvalue weighted by atomic mass is 9.59. The summed E-state index contributed by atoms with van der Waals surface area (Å²) < 4.78 is 0. The van der Waals surface area contributed by atoms with Crippen molar-refractivity contribution in [2.45, 2.75) is 11.5 Å². The molecule has 0 bridgehead atoms. The molecule has 0 saturated heterocycles. The van der Waals surface area contributed by atoms with Gasteiger partial charge in [0.25, 0.3) is 0 Å². The van der Waals surface area contributed by atoms with E-state index in [0.29, 0.717) is 0 Å². The summed E-state index contributed by atoms with van der Waals surface area (Å²) in [5.41, 5.74) is 11.2. The fourth-order valence-corrected chi connectivity index (χ4v) is 6.38. The van der Waals surface area contributed by atoms with Crippen LogP contribution in [0.4, 0.5) is 0 Å². The zero-order valence-corrected chi connectivity index (χ0v) is 19.2. The number of rotatable bonds is 2. The number of allylic oxidation sites excluding steroid dienone is 1. The van der Waals surface area contributed by atoms with Gasteiger partial charge in [-0.1, -0.05) is 133 Å². The Morgan fingerprint density at radius 3 is 1.51 bits per heavy atom. The Kier molecular flexibility index (Phi) is 4.42. The van der Waals surface area contributed by atoms with E-state index in [1.807, 2.05) is 12.1 Å². The van der Waals surface area contributed by atoms with Crippen molar-refractivity contribution in [3.63, 3.8) is 0 Å². The van der Waals surface area contributed by atoms with E-state index in [2.05, 4.69) is 121 Å². The molecule has 166 valence electrons. The summed E-state index contributed by atoms with van der Waals surface area (Å²) >= 11 is 0. The SMILES string of the molecule is OC1c2ccccc2C2(C(c3ccccc3)=C(c3ccccc3)c3ccccc32)c2ccccc21. The topological polar surface area (TPSA) is 20.2 Å². The lowest BCUT2D eigenvalue weighted by Gasteiger charge is -2.43. The van der Waals surface area contributed by atoms with Gasteiger partial charge in [0.15, 0.2) is 0 Å². The van der Waals surface area contributed by atoms with Crippen molar-refractivity contribution in [1.29, 1.82) is 0 Å². The van der Waals surface area contributed by atoms with Crippen LogP contribution in [0, 0.1) is 0 Å². The van der Waals surface area contributed by atoms with Crippen molar-refractivity contribution >= 4 is 11.1 Å². The van der Waals surface area contributed by atoms with Crippen LogP contribution >= 0.6 is 0 Å². The minimum Gasteiger partial charge on any atom is -0.384 e. The first-order valence-corrected chi connectivity index (χ1v) is 12.1. The molecule has 0 aromatic heterocycles. The van der Waals surface area contributed by atoms with Gasteiger partial charge in [0.2, 0.25) is 0 Å². The average molecular weight is 449 g/mol. The molecule has 0 fully saturated rings. The first-order valence-electron chi connectivity index (χ1n) is 12.1. The predicted octanol–water partition coefficient (Wildman–Crippen LogP) is 7.39. The van der Waals surface area contributed by atoms with Gasteiger partial charge in [0.05, 0.1) is 5.41 Å². The molecule has 1 heteroatoms. The second-order valence-electron chi connectivity index (χ2n) is 9.35. The summed E-state index contributed by atoms with van der Waals surface area (Å²) in [5.74, 6) is 0. The van der Waals surface area contributed by atoms with E-state index in [4.69, 9.17) is 0 Å². The van der Waals surface area contributed by atoms with Crippen molar-refractivity contribution in [2.75, 3.05) is 0 Å². The summed E-state index contributed by atoms with van der Waals surface area (Å²) in [5, 5.41) is 11.5. The lowest BCUT2D eigenvalue weighted by molar-refractivity contribution is 0.212. The van der Waals surface area contributed by atoms with Crippen LogP contribution in [0.5, 0.6) is 0 Å². The Balaban J connectivity index is 1.74. The minimum atomic E-state index is -0.655. The van der Waals surface area contributed by atoms with Crippen LogP contribution in [-0.4, -0.2) is 5.11 Å². The van der Waals surface area contributed by atoms with Crippen molar-refractivity contribution in [3.8, 4) is 0 Å².